The highest BCUT2D eigenvalue weighted by atomic mass is 16.6. The lowest BCUT2D eigenvalue weighted by Gasteiger charge is -2.32. The van der Waals surface area contributed by atoms with Crippen LogP contribution in [0.1, 0.15) is 27.5 Å². The van der Waals surface area contributed by atoms with Gasteiger partial charge in [-0.25, -0.2) is 24.8 Å². The Bertz CT molecular complexity index is 3230. The maximum Gasteiger partial charge on any atom is 0.338 e. The van der Waals surface area contributed by atoms with Crippen molar-refractivity contribution < 1.29 is 53.6 Å². The molecule has 6 amide bonds. The monoisotopic (exact) mass is 1080 g/mol. The topological polar surface area (TPSA) is 593 Å². The molecule has 34 heteroatoms. The predicted molar refractivity (Wildman–Crippen MR) is 278 cm³/mol. The molecule has 0 aliphatic rings. The van der Waals surface area contributed by atoms with Crippen molar-refractivity contribution in [1.82, 2.24) is 26.6 Å². The zero-order chi connectivity index (χ0) is 57.7. The number of guanidine groups is 4. The number of carbonyl (C=O) groups excluding carboxylic acids is 6. The Morgan fingerprint density at radius 2 is 0.962 bits per heavy atom. The normalized spacial score (nSPS) is 13.0. The fourth-order valence-electron chi connectivity index (χ4n) is 7.45. The smallest absolute Gasteiger partial charge is 0.338 e. The maximum atomic E-state index is 14.6. The Hall–Kier alpha value is -11.5. The lowest BCUT2D eigenvalue weighted by molar-refractivity contribution is -0.393. The summed E-state index contributed by atoms with van der Waals surface area (Å²) in [7, 11) is 0. The van der Waals surface area contributed by atoms with Gasteiger partial charge in [-0.2, -0.15) is 0 Å². The van der Waals surface area contributed by atoms with Gasteiger partial charge < -0.3 is 93.3 Å². The number of carboxylic acids is 1. The molecular weight excluding hydrogens is 1030 g/mol. The Kier molecular flexibility index (Phi) is 18.4. The van der Waals surface area contributed by atoms with E-state index >= 15 is 0 Å². The first kappa shape index (κ1) is 57.5. The predicted octanol–water partition coefficient (Wildman–Crippen LogP) is -4.96. The number of nitro groups is 2. The van der Waals surface area contributed by atoms with Crippen LogP contribution in [-0.4, -0.2) is 116 Å². The number of fused-ring (bicyclic) bond motifs is 2. The quantitative estimate of drug-likeness (QED) is 0.00727. The minimum atomic E-state index is -2.70. The SMILES string of the molecule is NC(=O)C(N=C(N)N)NC(=O)C(N=C(N)N)NC(=O)C(N=C(N)N)NC(=O)C(N=C(N)N)NC(=O)C(NC(=O)C(O)N(Cc1c2ccccc2cc2ccccc12)c1c(C(=O)O)cc([N+](=O)[O-])cc1[N+](=O)[O-])c1ccccc1. The molecule has 0 spiro atoms. The molecule has 5 aromatic carbocycles. The number of nitrogens with two attached hydrogens (primary N) is 9. The minimum absolute atomic E-state index is 0.0845. The van der Waals surface area contributed by atoms with Gasteiger partial charge in [-0.05, 0) is 38.7 Å². The number of hydrogen-bond acceptors (Lipinski definition) is 17. The number of nitrogens with one attached hydrogen (secondary N) is 5. The fraction of sp³-hybridized carbons (Fsp3) is 0.159. The molecule has 0 saturated heterocycles. The number of aliphatic imine (C=N–C) groups is 4. The molecule has 34 nitrogen and oxygen atoms in total. The van der Waals surface area contributed by atoms with Crippen molar-refractivity contribution >= 4 is 104 Å². The molecule has 78 heavy (non-hydrogen) atoms. The Balaban J connectivity index is 1.56. The number of anilines is 1. The molecule has 0 aliphatic carbocycles. The number of nitrogens with zero attached hydrogens (tertiary/aromatic N) is 7. The number of aromatic carboxylic acids is 1. The molecule has 0 saturated carbocycles. The summed E-state index contributed by atoms with van der Waals surface area (Å²) in [4.78, 5) is 132. The van der Waals surface area contributed by atoms with Gasteiger partial charge in [0.2, 0.25) is 36.8 Å². The Morgan fingerprint density at radius 1 is 0.538 bits per heavy atom. The number of hydrogen-bond donors (Lipinski definition) is 16. The van der Waals surface area contributed by atoms with Crippen LogP contribution < -0.4 is 83.1 Å². The van der Waals surface area contributed by atoms with E-state index in [0.29, 0.717) is 38.6 Å². The largest absolute Gasteiger partial charge is 0.478 e. The molecule has 6 unspecified atom stereocenters. The summed E-state index contributed by atoms with van der Waals surface area (Å²) < 4.78 is 0. The first-order valence-corrected chi connectivity index (χ1v) is 22.0. The third kappa shape index (κ3) is 14.4. The van der Waals surface area contributed by atoms with Gasteiger partial charge >= 0.3 is 5.97 Å². The summed E-state index contributed by atoms with van der Waals surface area (Å²) in [6, 6.07) is 21.1. The molecule has 5 aromatic rings. The second-order valence-corrected chi connectivity index (χ2v) is 16.1. The fourth-order valence-corrected chi connectivity index (χ4v) is 7.45. The van der Waals surface area contributed by atoms with Crippen LogP contribution in [0.25, 0.3) is 21.5 Å². The number of rotatable bonds is 23. The number of primary amides is 1. The number of benzene rings is 5. The summed E-state index contributed by atoms with van der Waals surface area (Å²) in [6.45, 7) is -0.710. The molecule has 0 fully saturated rings. The molecule has 5 rings (SSSR count). The number of aliphatic hydroxyl groups is 1. The van der Waals surface area contributed by atoms with Crippen LogP contribution in [-0.2, 0) is 35.3 Å². The van der Waals surface area contributed by atoms with Gasteiger partial charge in [-0.3, -0.25) is 49.0 Å². The Morgan fingerprint density at radius 3 is 1.38 bits per heavy atom. The van der Waals surface area contributed by atoms with Crippen LogP contribution in [0.2, 0.25) is 0 Å². The van der Waals surface area contributed by atoms with E-state index in [1.54, 1.807) is 54.6 Å². The molecule has 0 aromatic heterocycles. The van der Waals surface area contributed by atoms with Crippen molar-refractivity contribution in [3.63, 3.8) is 0 Å². The standard InChI is InChI=1S/C44H49N21O13/c45-29(66)30(59-41(46)47)55-35(68)32(61-43(50)51)57-37(70)33(62-44(52)53)58-36(69)31(60-42(48)49)56-34(67)27(18-8-2-1-3-9-18)54-38(71)39(72)63(28-24(40(73)74)15-21(64(75)76)16-26(28)65(77)78)17-25-22-12-6-4-10-19(22)14-20-11-5-7-13-23(20)25/h1-16,27,30-33,39,72H,17H2,(H2,45,66)(H,54,71)(H,55,68)(H,56,67)(H,57,70)(H,58,69)(H,73,74)(H4,46,47,59)(H4,48,49,60)(H4,50,51,61)(H4,52,53,62). The molecule has 0 bridgehead atoms. The zero-order valence-electron chi connectivity index (χ0n) is 40.1. The number of nitro benzene ring substituents is 2. The van der Waals surface area contributed by atoms with E-state index in [9.17, 15) is 64.0 Å². The maximum absolute atomic E-state index is 14.6. The summed E-state index contributed by atoms with van der Waals surface area (Å²) in [5.41, 5.74) is 44.8. The lowest BCUT2D eigenvalue weighted by atomic mass is 9.95. The Labute approximate surface area is 437 Å². The van der Waals surface area contributed by atoms with Crippen molar-refractivity contribution in [3.8, 4) is 0 Å². The van der Waals surface area contributed by atoms with Crippen molar-refractivity contribution in [2.75, 3.05) is 4.90 Å². The first-order chi connectivity index (χ1) is 36.8. The van der Waals surface area contributed by atoms with E-state index in [1.165, 1.54) is 30.3 Å². The molecule has 0 radical (unpaired) electrons. The lowest BCUT2D eigenvalue weighted by Crippen LogP contribution is -2.58. The van der Waals surface area contributed by atoms with Gasteiger partial charge in [0.1, 0.15) is 11.7 Å². The zero-order valence-corrected chi connectivity index (χ0v) is 40.1. The molecule has 0 aliphatic heterocycles. The number of aliphatic hydroxyl groups excluding tert-OH is 1. The highest BCUT2D eigenvalue weighted by Gasteiger charge is 2.39. The van der Waals surface area contributed by atoms with E-state index in [0.717, 1.165) is 0 Å². The van der Waals surface area contributed by atoms with Crippen molar-refractivity contribution in [2.45, 2.75) is 43.5 Å². The van der Waals surface area contributed by atoms with E-state index in [4.69, 9.17) is 51.6 Å². The van der Waals surface area contributed by atoms with Crippen LogP contribution in [0.5, 0.6) is 0 Å². The van der Waals surface area contributed by atoms with Crippen LogP contribution in [0.15, 0.2) is 117 Å². The van der Waals surface area contributed by atoms with Crippen LogP contribution in [0.3, 0.4) is 0 Å². The van der Waals surface area contributed by atoms with Gasteiger partial charge in [0, 0.05) is 12.6 Å². The number of non-ortho nitro benzene ring substituents is 1. The number of carboxylic acid groups (broad SMARTS) is 1. The van der Waals surface area contributed by atoms with Gasteiger partial charge in [0.15, 0.2) is 23.8 Å². The van der Waals surface area contributed by atoms with Gasteiger partial charge in [0.05, 0.1) is 21.5 Å². The van der Waals surface area contributed by atoms with Crippen LogP contribution >= 0.6 is 0 Å². The highest BCUT2D eigenvalue weighted by Crippen LogP contribution is 2.40. The molecule has 408 valence electrons. The van der Waals surface area contributed by atoms with Crippen molar-refractivity contribution in [1.29, 1.82) is 0 Å². The summed E-state index contributed by atoms with van der Waals surface area (Å²) in [5.74, 6) is -13.8. The summed E-state index contributed by atoms with van der Waals surface area (Å²) in [6.07, 6.45) is -11.3. The van der Waals surface area contributed by atoms with Crippen molar-refractivity contribution in [3.05, 3.63) is 134 Å². The van der Waals surface area contributed by atoms with E-state index < -0.39 is 141 Å². The third-order valence-electron chi connectivity index (χ3n) is 10.7. The number of amides is 6. The van der Waals surface area contributed by atoms with Gasteiger partial charge in [-0.15, -0.1) is 0 Å². The van der Waals surface area contributed by atoms with E-state index in [2.05, 4.69) is 30.6 Å². The highest BCUT2D eigenvalue weighted by molar-refractivity contribution is 6.05. The van der Waals surface area contributed by atoms with Crippen LogP contribution in [0.4, 0.5) is 17.1 Å². The average Bonchev–Trinajstić information content (AvgIpc) is 3.49. The number of carbonyl (C=O) groups is 7. The van der Waals surface area contributed by atoms with E-state index in [-0.39, 0.29) is 11.1 Å². The third-order valence-corrected chi connectivity index (χ3v) is 10.7. The van der Waals surface area contributed by atoms with Gasteiger partial charge in [-0.1, -0.05) is 78.9 Å². The minimum Gasteiger partial charge on any atom is -0.478 e. The molecule has 0 heterocycles. The molecular formula is C44H49N21O13. The second kappa shape index (κ2) is 25.0. The first-order valence-electron chi connectivity index (χ1n) is 22.0. The van der Waals surface area contributed by atoms with E-state index in [1.807, 2.05) is 16.0 Å². The summed E-state index contributed by atoms with van der Waals surface area (Å²) in [5, 5.41) is 59.9. The van der Waals surface area contributed by atoms with Crippen molar-refractivity contribution in [2.24, 2.45) is 71.6 Å². The van der Waals surface area contributed by atoms with Gasteiger partial charge in [0.25, 0.3) is 40.9 Å². The average molecular weight is 1080 g/mol. The molecule has 6 atom stereocenters. The second-order valence-electron chi connectivity index (χ2n) is 16.1. The van der Waals surface area contributed by atoms with Crippen LogP contribution in [0, 0.1) is 20.2 Å². The summed E-state index contributed by atoms with van der Waals surface area (Å²) >= 11 is 0. The molecule has 25 N–H and O–H groups in total.